The van der Waals surface area contributed by atoms with Gasteiger partial charge in [-0.15, -0.1) is 0 Å². The molecule has 0 radical (unpaired) electrons. The van der Waals surface area contributed by atoms with Crippen LogP contribution in [-0.4, -0.2) is 68.6 Å². The summed E-state index contributed by atoms with van der Waals surface area (Å²) in [7, 11) is 6.10. The molecule has 5 heteroatoms. The number of nitrogens with zero attached hydrogens (tertiary/aromatic N) is 3. The molecule has 0 bridgehead atoms. The zero-order valence-electron chi connectivity index (χ0n) is 17.4. The molecule has 0 aromatic heterocycles. The van der Waals surface area contributed by atoms with Crippen LogP contribution >= 0.6 is 0 Å². The average Bonchev–Trinajstić information content (AvgIpc) is 2.90. The van der Waals surface area contributed by atoms with Gasteiger partial charge in [0.2, 0.25) is 0 Å². The molecule has 0 aliphatic carbocycles. The van der Waals surface area contributed by atoms with Gasteiger partial charge in [-0.2, -0.15) is 0 Å². The lowest BCUT2D eigenvalue weighted by atomic mass is 9.93. The van der Waals surface area contributed by atoms with E-state index in [0.29, 0.717) is 12.1 Å². The largest absolute Gasteiger partial charge is 0.356 e. The van der Waals surface area contributed by atoms with E-state index in [1.807, 2.05) is 7.05 Å². The van der Waals surface area contributed by atoms with E-state index in [9.17, 15) is 0 Å². The van der Waals surface area contributed by atoms with E-state index in [-0.39, 0.29) is 5.41 Å². The highest BCUT2D eigenvalue weighted by Crippen LogP contribution is 2.20. The van der Waals surface area contributed by atoms with Crippen LogP contribution in [0.25, 0.3) is 0 Å². The number of hydrogen-bond donors (Lipinski definition) is 2. The number of likely N-dealkylation sites (tertiary alicyclic amines) is 1. The predicted molar refractivity (Wildman–Crippen MR) is 112 cm³/mol. The molecule has 2 N–H and O–H groups in total. The maximum absolute atomic E-state index is 4.43. The van der Waals surface area contributed by atoms with Crippen molar-refractivity contribution >= 4 is 5.96 Å². The van der Waals surface area contributed by atoms with Gasteiger partial charge in [-0.25, -0.2) is 0 Å². The third kappa shape index (κ3) is 6.61. The van der Waals surface area contributed by atoms with E-state index in [1.165, 1.54) is 5.56 Å². The average molecular weight is 360 g/mol. The van der Waals surface area contributed by atoms with Gasteiger partial charge >= 0.3 is 0 Å². The summed E-state index contributed by atoms with van der Waals surface area (Å²) in [5.74, 6) is 0.913. The molecule has 2 unspecified atom stereocenters. The van der Waals surface area contributed by atoms with E-state index < -0.39 is 0 Å². The molecule has 1 saturated heterocycles. The van der Waals surface area contributed by atoms with E-state index in [2.05, 4.69) is 90.6 Å². The summed E-state index contributed by atoms with van der Waals surface area (Å²) in [5, 5.41) is 7.14. The maximum Gasteiger partial charge on any atom is 0.191 e. The van der Waals surface area contributed by atoms with Crippen molar-refractivity contribution in [3.05, 3.63) is 35.9 Å². The summed E-state index contributed by atoms with van der Waals surface area (Å²) >= 11 is 0. The second-order valence-corrected chi connectivity index (χ2v) is 8.67. The van der Waals surface area contributed by atoms with Gasteiger partial charge < -0.3 is 15.5 Å². The van der Waals surface area contributed by atoms with Gasteiger partial charge in [-0.1, -0.05) is 44.2 Å². The minimum Gasteiger partial charge on any atom is -0.356 e. The predicted octanol–water partition coefficient (Wildman–Crippen LogP) is 2.40. The van der Waals surface area contributed by atoms with Crippen molar-refractivity contribution in [3.8, 4) is 0 Å². The van der Waals surface area contributed by atoms with Gasteiger partial charge in [0.1, 0.15) is 0 Å². The monoisotopic (exact) mass is 359 g/mol. The zero-order valence-corrected chi connectivity index (χ0v) is 17.4. The standard InChI is InChI=1S/C21H37N5/c1-17-12-19(14-26(17)13-18-10-8-7-9-11-18)24-20(22-4)23-15-21(2,3)16-25(5)6/h7-11,17,19H,12-16H2,1-6H3,(H2,22,23,24). The third-order valence-corrected chi connectivity index (χ3v) is 4.98. The van der Waals surface area contributed by atoms with Crippen LogP contribution in [0.5, 0.6) is 0 Å². The van der Waals surface area contributed by atoms with Crippen LogP contribution in [0.15, 0.2) is 35.3 Å². The second-order valence-electron chi connectivity index (χ2n) is 8.67. The summed E-state index contributed by atoms with van der Waals surface area (Å²) in [5.41, 5.74) is 1.58. The topological polar surface area (TPSA) is 42.9 Å². The molecule has 5 nitrogen and oxygen atoms in total. The SMILES string of the molecule is CN=C(NCC(C)(C)CN(C)C)NC1CC(C)N(Cc2ccccc2)C1. The number of nitrogens with one attached hydrogen (secondary N) is 2. The lowest BCUT2D eigenvalue weighted by molar-refractivity contribution is 0.240. The van der Waals surface area contributed by atoms with Crippen molar-refractivity contribution in [2.75, 3.05) is 40.8 Å². The first-order valence-electron chi connectivity index (χ1n) is 9.69. The van der Waals surface area contributed by atoms with Gasteiger partial charge in [0.25, 0.3) is 0 Å². The van der Waals surface area contributed by atoms with Crippen LogP contribution < -0.4 is 10.6 Å². The molecule has 0 saturated carbocycles. The highest BCUT2D eigenvalue weighted by atomic mass is 15.3. The van der Waals surface area contributed by atoms with Crippen molar-refractivity contribution in [2.24, 2.45) is 10.4 Å². The highest BCUT2D eigenvalue weighted by Gasteiger charge is 2.29. The smallest absolute Gasteiger partial charge is 0.191 e. The van der Waals surface area contributed by atoms with Crippen molar-refractivity contribution in [1.82, 2.24) is 20.4 Å². The Hall–Kier alpha value is -1.59. The molecule has 1 aliphatic heterocycles. The fourth-order valence-corrected chi connectivity index (χ4v) is 3.86. The number of aliphatic imine (C=N–C) groups is 1. The Morgan fingerprint density at radius 3 is 2.58 bits per heavy atom. The molecule has 1 aliphatic rings. The minimum absolute atomic E-state index is 0.198. The van der Waals surface area contributed by atoms with E-state index in [1.54, 1.807) is 0 Å². The van der Waals surface area contributed by atoms with Crippen LogP contribution in [0.3, 0.4) is 0 Å². The molecule has 1 aromatic carbocycles. The molecule has 146 valence electrons. The normalized spacial score (nSPS) is 22.0. The number of benzene rings is 1. The van der Waals surface area contributed by atoms with Gasteiger partial charge in [0.05, 0.1) is 0 Å². The molecule has 26 heavy (non-hydrogen) atoms. The minimum atomic E-state index is 0.198. The number of hydrogen-bond acceptors (Lipinski definition) is 3. The fraction of sp³-hybridized carbons (Fsp3) is 0.667. The molecule has 1 fully saturated rings. The molecular weight excluding hydrogens is 322 g/mol. The molecule has 2 rings (SSSR count). The molecule has 0 amide bonds. The second kappa shape index (κ2) is 9.38. The van der Waals surface area contributed by atoms with Gasteiger partial charge in [0.15, 0.2) is 5.96 Å². The summed E-state index contributed by atoms with van der Waals surface area (Å²) in [4.78, 5) is 9.22. The third-order valence-electron chi connectivity index (χ3n) is 4.98. The Kier molecular flexibility index (Phi) is 7.47. The number of guanidine groups is 1. The quantitative estimate of drug-likeness (QED) is 0.580. The Bertz CT molecular complexity index is 567. The van der Waals surface area contributed by atoms with E-state index in [0.717, 1.165) is 38.6 Å². The first-order chi connectivity index (χ1) is 12.3. The Balaban J connectivity index is 1.83. The van der Waals surface area contributed by atoms with Crippen LogP contribution in [0.2, 0.25) is 0 Å². The van der Waals surface area contributed by atoms with E-state index in [4.69, 9.17) is 0 Å². The van der Waals surface area contributed by atoms with Gasteiger partial charge in [-0.3, -0.25) is 9.89 Å². The molecule has 1 heterocycles. The lowest BCUT2D eigenvalue weighted by Crippen LogP contribution is -2.48. The van der Waals surface area contributed by atoms with Crippen LogP contribution in [0, 0.1) is 5.41 Å². The summed E-state index contributed by atoms with van der Waals surface area (Å²) < 4.78 is 0. The van der Waals surface area contributed by atoms with Crippen molar-refractivity contribution in [3.63, 3.8) is 0 Å². The van der Waals surface area contributed by atoms with Crippen molar-refractivity contribution < 1.29 is 0 Å². The van der Waals surface area contributed by atoms with Gasteiger partial charge in [-0.05, 0) is 38.4 Å². The summed E-state index contributed by atoms with van der Waals surface area (Å²) in [6.07, 6.45) is 1.15. The molecular formula is C21H37N5. The first-order valence-corrected chi connectivity index (χ1v) is 9.69. The molecule has 1 aromatic rings. The van der Waals surface area contributed by atoms with Crippen LogP contribution in [-0.2, 0) is 6.54 Å². The zero-order chi connectivity index (χ0) is 19.2. The van der Waals surface area contributed by atoms with E-state index >= 15 is 0 Å². The summed E-state index contributed by atoms with van der Waals surface area (Å²) in [6, 6.07) is 11.8. The van der Waals surface area contributed by atoms with Crippen molar-refractivity contribution in [1.29, 1.82) is 0 Å². The maximum atomic E-state index is 4.43. The lowest BCUT2D eigenvalue weighted by Gasteiger charge is -2.29. The van der Waals surface area contributed by atoms with Crippen LogP contribution in [0.4, 0.5) is 0 Å². The fourth-order valence-electron chi connectivity index (χ4n) is 3.86. The molecule has 2 atom stereocenters. The Labute approximate surface area is 159 Å². The van der Waals surface area contributed by atoms with Crippen molar-refractivity contribution in [2.45, 2.75) is 45.8 Å². The molecule has 0 spiro atoms. The number of rotatable bonds is 7. The van der Waals surface area contributed by atoms with Gasteiger partial charge in [0, 0.05) is 45.3 Å². The highest BCUT2D eigenvalue weighted by molar-refractivity contribution is 5.80. The summed E-state index contributed by atoms with van der Waals surface area (Å²) in [6.45, 7) is 10.9. The Morgan fingerprint density at radius 2 is 1.96 bits per heavy atom. The first kappa shape index (κ1) is 20.7. The Morgan fingerprint density at radius 1 is 1.27 bits per heavy atom. The van der Waals surface area contributed by atoms with Crippen LogP contribution in [0.1, 0.15) is 32.8 Å².